The van der Waals surface area contributed by atoms with Crippen LogP contribution >= 0.6 is 0 Å². The number of hydrogen-bond acceptors (Lipinski definition) is 2. The van der Waals surface area contributed by atoms with E-state index in [1.165, 1.54) is 12.8 Å². The summed E-state index contributed by atoms with van der Waals surface area (Å²) >= 11 is 0. The van der Waals surface area contributed by atoms with Gasteiger partial charge in [-0.15, -0.1) is 0 Å². The zero-order valence-electron chi connectivity index (χ0n) is 9.51. The van der Waals surface area contributed by atoms with Crippen LogP contribution in [0.5, 0.6) is 0 Å². The highest BCUT2D eigenvalue weighted by Crippen LogP contribution is 2.11. The largest absolute Gasteiger partial charge is 0.392 e. The van der Waals surface area contributed by atoms with Crippen molar-refractivity contribution < 1.29 is 5.11 Å². The van der Waals surface area contributed by atoms with E-state index in [0.29, 0.717) is 12.0 Å². The van der Waals surface area contributed by atoms with Crippen LogP contribution in [-0.2, 0) is 0 Å². The third-order valence-corrected chi connectivity index (χ3v) is 2.22. The van der Waals surface area contributed by atoms with E-state index in [-0.39, 0.29) is 6.10 Å². The third kappa shape index (κ3) is 8.26. The van der Waals surface area contributed by atoms with Crippen molar-refractivity contribution in [1.82, 2.24) is 5.32 Å². The Hall–Kier alpha value is -0.0800. The molecule has 0 rings (SSSR count). The van der Waals surface area contributed by atoms with Crippen LogP contribution in [0.15, 0.2) is 0 Å². The molecule has 0 saturated heterocycles. The molecule has 0 aromatic carbocycles. The monoisotopic (exact) mass is 187 g/mol. The quantitative estimate of drug-likeness (QED) is 0.640. The zero-order chi connectivity index (χ0) is 10.3. The van der Waals surface area contributed by atoms with Gasteiger partial charge in [-0.25, -0.2) is 0 Å². The minimum atomic E-state index is -0.177. The van der Waals surface area contributed by atoms with Gasteiger partial charge in [-0.2, -0.15) is 0 Å². The van der Waals surface area contributed by atoms with Gasteiger partial charge in [0.2, 0.25) is 0 Å². The summed E-state index contributed by atoms with van der Waals surface area (Å²) in [6.07, 6.45) is 3.18. The minimum Gasteiger partial charge on any atom is -0.392 e. The molecule has 2 nitrogen and oxygen atoms in total. The van der Waals surface area contributed by atoms with E-state index in [9.17, 15) is 5.11 Å². The van der Waals surface area contributed by atoms with E-state index in [4.69, 9.17) is 0 Å². The smallest absolute Gasteiger partial charge is 0.0667 e. The summed E-state index contributed by atoms with van der Waals surface area (Å²) in [5.74, 6) is 0.647. The molecule has 13 heavy (non-hydrogen) atoms. The van der Waals surface area contributed by atoms with Crippen LogP contribution < -0.4 is 5.32 Å². The molecule has 0 amide bonds. The van der Waals surface area contributed by atoms with Gasteiger partial charge in [0.05, 0.1) is 6.10 Å². The highest BCUT2D eigenvalue weighted by atomic mass is 16.3. The van der Waals surface area contributed by atoms with Crippen molar-refractivity contribution in [2.75, 3.05) is 6.54 Å². The van der Waals surface area contributed by atoms with Gasteiger partial charge in [0, 0.05) is 12.6 Å². The predicted octanol–water partition coefficient (Wildman–Crippen LogP) is 2.17. The average Bonchev–Trinajstić information content (AvgIpc) is 2.01. The van der Waals surface area contributed by atoms with Crippen molar-refractivity contribution in [3.05, 3.63) is 0 Å². The summed E-state index contributed by atoms with van der Waals surface area (Å²) in [4.78, 5) is 0. The molecule has 0 aromatic rings. The molecule has 0 radical (unpaired) electrons. The lowest BCUT2D eigenvalue weighted by Gasteiger charge is -2.17. The lowest BCUT2D eigenvalue weighted by atomic mass is 9.99. The van der Waals surface area contributed by atoms with Gasteiger partial charge in [-0.05, 0) is 12.3 Å². The van der Waals surface area contributed by atoms with Gasteiger partial charge in [0.25, 0.3) is 0 Å². The Morgan fingerprint density at radius 1 is 1.23 bits per heavy atom. The Labute approximate surface area is 82.7 Å². The van der Waals surface area contributed by atoms with Gasteiger partial charge in [0.1, 0.15) is 0 Å². The van der Waals surface area contributed by atoms with E-state index in [0.717, 1.165) is 13.0 Å². The molecule has 0 aliphatic carbocycles. The Morgan fingerprint density at radius 2 is 1.85 bits per heavy atom. The molecule has 0 aromatic heterocycles. The topological polar surface area (TPSA) is 32.3 Å². The summed E-state index contributed by atoms with van der Waals surface area (Å²) in [5.41, 5.74) is 0. The van der Waals surface area contributed by atoms with Crippen LogP contribution in [0.3, 0.4) is 0 Å². The van der Waals surface area contributed by atoms with Crippen LogP contribution in [-0.4, -0.2) is 23.8 Å². The third-order valence-electron chi connectivity index (χ3n) is 2.22. The van der Waals surface area contributed by atoms with Crippen LogP contribution in [0.2, 0.25) is 0 Å². The lowest BCUT2D eigenvalue weighted by molar-refractivity contribution is 0.138. The molecule has 2 heteroatoms. The van der Waals surface area contributed by atoms with Gasteiger partial charge in [0.15, 0.2) is 0 Å². The molecule has 2 unspecified atom stereocenters. The minimum absolute atomic E-state index is 0.177. The molecule has 2 atom stereocenters. The maximum atomic E-state index is 9.63. The number of nitrogens with one attached hydrogen (secondary N) is 1. The first-order valence-corrected chi connectivity index (χ1v) is 5.47. The first kappa shape index (κ1) is 12.9. The van der Waals surface area contributed by atoms with Gasteiger partial charge in [-0.1, -0.05) is 40.5 Å². The summed E-state index contributed by atoms with van der Waals surface area (Å²) in [5, 5.41) is 12.9. The summed E-state index contributed by atoms with van der Waals surface area (Å²) in [6.45, 7) is 9.33. The van der Waals surface area contributed by atoms with Gasteiger partial charge >= 0.3 is 0 Å². The van der Waals surface area contributed by atoms with E-state index in [1.54, 1.807) is 0 Å². The normalized spacial score (nSPS) is 16.2. The number of aliphatic hydroxyl groups is 1. The second kappa shape index (κ2) is 7.34. The maximum Gasteiger partial charge on any atom is 0.0667 e. The first-order chi connectivity index (χ1) is 6.06. The Morgan fingerprint density at radius 3 is 2.31 bits per heavy atom. The standard InChI is InChI=1S/C11H25NO/c1-5-6-10(4)7-11(13)8-12-9(2)3/h9-13H,5-8H2,1-4H3. The number of hydrogen-bond donors (Lipinski definition) is 2. The van der Waals surface area contributed by atoms with E-state index in [2.05, 4.69) is 33.0 Å². The fourth-order valence-electron chi connectivity index (χ4n) is 1.53. The van der Waals surface area contributed by atoms with Crippen LogP contribution in [0.25, 0.3) is 0 Å². The lowest BCUT2D eigenvalue weighted by Crippen LogP contribution is -2.32. The van der Waals surface area contributed by atoms with Crippen molar-refractivity contribution in [2.45, 2.75) is 59.1 Å². The Kier molecular flexibility index (Phi) is 7.29. The van der Waals surface area contributed by atoms with Crippen molar-refractivity contribution in [1.29, 1.82) is 0 Å². The second-order valence-electron chi connectivity index (χ2n) is 4.35. The molecule has 2 N–H and O–H groups in total. The van der Waals surface area contributed by atoms with Crippen LogP contribution in [0, 0.1) is 5.92 Å². The number of aliphatic hydroxyl groups excluding tert-OH is 1. The molecule has 0 saturated carbocycles. The highest BCUT2D eigenvalue weighted by Gasteiger charge is 2.09. The predicted molar refractivity (Wildman–Crippen MR) is 57.8 cm³/mol. The molecule has 0 aliphatic heterocycles. The molecule has 0 fully saturated rings. The van der Waals surface area contributed by atoms with Crippen molar-refractivity contribution in [2.24, 2.45) is 5.92 Å². The first-order valence-electron chi connectivity index (χ1n) is 5.47. The molecule has 0 heterocycles. The average molecular weight is 187 g/mol. The zero-order valence-corrected chi connectivity index (χ0v) is 9.51. The van der Waals surface area contributed by atoms with Crippen LogP contribution in [0.4, 0.5) is 0 Å². The highest BCUT2D eigenvalue weighted by molar-refractivity contribution is 4.65. The van der Waals surface area contributed by atoms with Crippen molar-refractivity contribution in [3.63, 3.8) is 0 Å². The molecular weight excluding hydrogens is 162 g/mol. The molecule has 80 valence electrons. The van der Waals surface area contributed by atoms with Gasteiger partial charge in [-0.3, -0.25) is 0 Å². The second-order valence-corrected chi connectivity index (χ2v) is 4.35. The van der Waals surface area contributed by atoms with Crippen LogP contribution in [0.1, 0.15) is 47.0 Å². The molecule has 0 spiro atoms. The summed E-state index contributed by atoms with van der Waals surface area (Å²) in [7, 11) is 0. The SMILES string of the molecule is CCCC(C)CC(O)CNC(C)C. The summed E-state index contributed by atoms with van der Waals surface area (Å²) in [6, 6.07) is 0.469. The van der Waals surface area contributed by atoms with Gasteiger partial charge < -0.3 is 10.4 Å². The Balaban J connectivity index is 3.43. The fraction of sp³-hybridized carbons (Fsp3) is 1.00. The van der Waals surface area contributed by atoms with Crippen molar-refractivity contribution >= 4 is 0 Å². The fourth-order valence-corrected chi connectivity index (χ4v) is 1.53. The summed E-state index contributed by atoms with van der Waals surface area (Å²) < 4.78 is 0. The Bertz CT molecular complexity index is 115. The van der Waals surface area contributed by atoms with E-state index < -0.39 is 0 Å². The van der Waals surface area contributed by atoms with E-state index in [1.807, 2.05) is 0 Å². The maximum absolute atomic E-state index is 9.63. The van der Waals surface area contributed by atoms with Crippen molar-refractivity contribution in [3.8, 4) is 0 Å². The molecular formula is C11H25NO. The molecule has 0 aliphatic rings. The molecule has 0 bridgehead atoms. The van der Waals surface area contributed by atoms with E-state index >= 15 is 0 Å². The number of rotatable bonds is 7.